The van der Waals surface area contributed by atoms with Crippen molar-refractivity contribution < 1.29 is 5.11 Å². The number of piperidine rings is 1. The fraction of sp³-hybridized carbons (Fsp3) is 0.625. The van der Waals surface area contributed by atoms with Crippen LogP contribution < -0.4 is 5.32 Å². The van der Waals surface area contributed by atoms with Gasteiger partial charge in [-0.3, -0.25) is 0 Å². The topological polar surface area (TPSA) is 32.3 Å². The van der Waals surface area contributed by atoms with Gasteiger partial charge in [-0.05, 0) is 48.8 Å². The fourth-order valence-electron chi connectivity index (χ4n) is 2.65. The van der Waals surface area contributed by atoms with Crippen molar-refractivity contribution in [3.8, 4) is 0 Å². The maximum atomic E-state index is 10.3. The number of benzene rings is 1. The summed E-state index contributed by atoms with van der Waals surface area (Å²) in [5.41, 5.74) is 2.62. The number of aliphatic hydroxyl groups is 1. The quantitative estimate of drug-likeness (QED) is 0.857. The summed E-state index contributed by atoms with van der Waals surface area (Å²) < 4.78 is 0. The van der Waals surface area contributed by atoms with E-state index in [2.05, 4.69) is 43.4 Å². The van der Waals surface area contributed by atoms with Gasteiger partial charge in [0.2, 0.25) is 0 Å². The number of nitrogens with one attached hydrogen (secondary N) is 1. The Kier molecular flexibility index (Phi) is 4.79. The van der Waals surface area contributed by atoms with Crippen LogP contribution in [-0.4, -0.2) is 24.3 Å². The molecule has 18 heavy (non-hydrogen) atoms. The van der Waals surface area contributed by atoms with Gasteiger partial charge in [0.1, 0.15) is 0 Å². The van der Waals surface area contributed by atoms with E-state index < -0.39 is 0 Å². The third-order valence-corrected chi connectivity index (χ3v) is 3.97. The minimum absolute atomic E-state index is 0.206. The summed E-state index contributed by atoms with van der Waals surface area (Å²) >= 11 is 0. The minimum Gasteiger partial charge on any atom is -0.392 e. The standard InChI is InChI=1S/C16H25NO/c1-12(2)14-7-5-13(6-8-14)10-16(18)15-4-3-9-17-11-15/h5-8,12,15-18H,3-4,9-11H2,1-2H3. The molecule has 2 rings (SSSR count). The highest BCUT2D eigenvalue weighted by Crippen LogP contribution is 2.20. The van der Waals surface area contributed by atoms with Gasteiger partial charge in [0.05, 0.1) is 6.10 Å². The van der Waals surface area contributed by atoms with Crippen LogP contribution in [-0.2, 0) is 6.42 Å². The Morgan fingerprint density at radius 2 is 2.00 bits per heavy atom. The summed E-state index contributed by atoms with van der Waals surface area (Å²) in [4.78, 5) is 0. The molecule has 0 saturated carbocycles. The van der Waals surface area contributed by atoms with E-state index in [0.29, 0.717) is 11.8 Å². The molecular weight excluding hydrogens is 222 g/mol. The lowest BCUT2D eigenvalue weighted by atomic mass is 9.89. The molecule has 0 amide bonds. The molecule has 1 aromatic carbocycles. The molecule has 0 bridgehead atoms. The third-order valence-electron chi connectivity index (χ3n) is 3.97. The van der Waals surface area contributed by atoms with Gasteiger partial charge in [0.15, 0.2) is 0 Å². The van der Waals surface area contributed by atoms with Crippen LogP contribution in [0.3, 0.4) is 0 Å². The molecule has 1 saturated heterocycles. The van der Waals surface area contributed by atoms with E-state index in [0.717, 1.165) is 25.9 Å². The van der Waals surface area contributed by atoms with Crippen molar-refractivity contribution in [3.63, 3.8) is 0 Å². The molecule has 1 aliphatic heterocycles. The molecule has 0 spiro atoms. The maximum absolute atomic E-state index is 10.3. The molecule has 2 unspecified atom stereocenters. The van der Waals surface area contributed by atoms with Gasteiger partial charge in [-0.25, -0.2) is 0 Å². The van der Waals surface area contributed by atoms with Crippen LogP contribution in [0.1, 0.15) is 43.7 Å². The van der Waals surface area contributed by atoms with Gasteiger partial charge in [0, 0.05) is 6.54 Å². The summed E-state index contributed by atoms with van der Waals surface area (Å²) in [6.07, 6.45) is 2.92. The second-order valence-corrected chi connectivity index (χ2v) is 5.77. The molecule has 1 aliphatic rings. The molecule has 100 valence electrons. The average molecular weight is 247 g/mol. The predicted octanol–water partition coefficient (Wildman–Crippen LogP) is 2.71. The third kappa shape index (κ3) is 3.56. The van der Waals surface area contributed by atoms with Crippen LogP contribution in [0.2, 0.25) is 0 Å². The van der Waals surface area contributed by atoms with Crippen molar-refractivity contribution in [1.29, 1.82) is 0 Å². The van der Waals surface area contributed by atoms with Crippen LogP contribution in [0.15, 0.2) is 24.3 Å². The molecule has 2 N–H and O–H groups in total. The Bertz CT molecular complexity index is 352. The maximum Gasteiger partial charge on any atom is 0.0620 e. The average Bonchev–Trinajstić information content (AvgIpc) is 2.40. The summed E-state index contributed by atoms with van der Waals surface area (Å²) in [6.45, 7) is 6.48. The van der Waals surface area contributed by atoms with Gasteiger partial charge in [0.25, 0.3) is 0 Å². The van der Waals surface area contributed by atoms with Crippen molar-refractivity contribution >= 4 is 0 Å². The Morgan fingerprint density at radius 1 is 1.28 bits per heavy atom. The van der Waals surface area contributed by atoms with Crippen molar-refractivity contribution in [2.45, 2.75) is 45.1 Å². The van der Waals surface area contributed by atoms with E-state index in [1.165, 1.54) is 17.5 Å². The smallest absolute Gasteiger partial charge is 0.0620 e. The van der Waals surface area contributed by atoms with Crippen LogP contribution in [0.4, 0.5) is 0 Å². The molecular formula is C16H25NO. The first-order chi connectivity index (χ1) is 8.66. The molecule has 1 fully saturated rings. The second-order valence-electron chi connectivity index (χ2n) is 5.77. The molecule has 0 radical (unpaired) electrons. The highest BCUT2D eigenvalue weighted by atomic mass is 16.3. The normalized spacial score (nSPS) is 22.1. The fourth-order valence-corrected chi connectivity index (χ4v) is 2.65. The zero-order valence-electron chi connectivity index (χ0n) is 11.5. The highest BCUT2D eigenvalue weighted by molar-refractivity contribution is 5.25. The van der Waals surface area contributed by atoms with E-state index in [4.69, 9.17) is 0 Å². The SMILES string of the molecule is CC(C)c1ccc(CC(O)C2CCCNC2)cc1. The molecule has 1 aromatic rings. The van der Waals surface area contributed by atoms with Crippen LogP contribution in [0.5, 0.6) is 0 Å². The van der Waals surface area contributed by atoms with Crippen LogP contribution in [0, 0.1) is 5.92 Å². The van der Waals surface area contributed by atoms with Gasteiger partial charge >= 0.3 is 0 Å². The van der Waals surface area contributed by atoms with Gasteiger partial charge in [-0.15, -0.1) is 0 Å². The zero-order chi connectivity index (χ0) is 13.0. The van der Waals surface area contributed by atoms with Crippen molar-refractivity contribution in [1.82, 2.24) is 5.32 Å². The lowest BCUT2D eigenvalue weighted by Crippen LogP contribution is -2.37. The van der Waals surface area contributed by atoms with E-state index in [1.54, 1.807) is 0 Å². The second kappa shape index (κ2) is 6.35. The zero-order valence-corrected chi connectivity index (χ0v) is 11.5. The predicted molar refractivity (Wildman–Crippen MR) is 75.8 cm³/mol. The molecule has 0 aromatic heterocycles. The van der Waals surface area contributed by atoms with Crippen molar-refractivity contribution in [2.24, 2.45) is 5.92 Å². The van der Waals surface area contributed by atoms with Gasteiger partial charge < -0.3 is 10.4 Å². The van der Waals surface area contributed by atoms with Gasteiger partial charge in [-0.2, -0.15) is 0 Å². The lowest BCUT2D eigenvalue weighted by Gasteiger charge is -2.27. The number of rotatable bonds is 4. The molecule has 1 heterocycles. The first-order valence-corrected chi connectivity index (χ1v) is 7.14. The summed E-state index contributed by atoms with van der Waals surface area (Å²) in [6, 6.07) is 8.70. The molecule has 2 atom stereocenters. The molecule has 0 aliphatic carbocycles. The Morgan fingerprint density at radius 3 is 2.56 bits per heavy atom. The number of hydrogen-bond acceptors (Lipinski definition) is 2. The van der Waals surface area contributed by atoms with Gasteiger partial charge in [-0.1, -0.05) is 38.1 Å². The number of aliphatic hydroxyl groups excluding tert-OH is 1. The lowest BCUT2D eigenvalue weighted by molar-refractivity contribution is 0.0922. The van der Waals surface area contributed by atoms with Crippen molar-refractivity contribution in [3.05, 3.63) is 35.4 Å². The minimum atomic E-state index is -0.206. The Labute approximate surface area is 110 Å². The number of hydrogen-bond donors (Lipinski definition) is 2. The van der Waals surface area contributed by atoms with Crippen LogP contribution >= 0.6 is 0 Å². The summed E-state index contributed by atoms with van der Waals surface area (Å²) in [7, 11) is 0. The van der Waals surface area contributed by atoms with E-state index in [9.17, 15) is 5.11 Å². The monoisotopic (exact) mass is 247 g/mol. The van der Waals surface area contributed by atoms with Crippen molar-refractivity contribution in [2.75, 3.05) is 13.1 Å². The molecule has 2 heteroatoms. The Hall–Kier alpha value is -0.860. The van der Waals surface area contributed by atoms with E-state index in [1.807, 2.05) is 0 Å². The summed E-state index contributed by atoms with van der Waals surface area (Å²) in [5, 5.41) is 13.6. The molecule has 2 nitrogen and oxygen atoms in total. The highest BCUT2D eigenvalue weighted by Gasteiger charge is 2.21. The van der Waals surface area contributed by atoms with E-state index in [-0.39, 0.29) is 6.10 Å². The first-order valence-electron chi connectivity index (χ1n) is 7.14. The Balaban J connectivity index is 1.91. The van der Waals surface area contributed by atoms with E-state index >= 15 is 0 Å². The largest absolute Gasteiger partial charge is 0.392 e. The first kappa shape index (κ1) is 13.6. The van der Waals surface area contributed by atoms with Crippen LogP contribution in [0.25, 0.3) is 0 Å². The summed E-state index contributed by atoms with van der Waals surface area (Å²) in [5.74, 6) is 0.995.